The molecule has 1 aromatic carbocycles. The first-order valence-corrected chi connectivity index (χ1v) is 6.13. The van der Waals surface area contributed by atoms with Gasteiger partial charge in [0.15, 0.2) is 11.5 Å². The number of fused-ring (bicyclic) bond motifs is 1. The van der Waals surface area contributed by atoms with Gasteiger partial charge in [-0.1, -0.05) is 6.07 Å². The smallest absolute Gasteiger partial charge is 0.231 e. The van der Waals surface area contributed by atoms with E-state index in [-0.39, 0.29) is 12.1 Å². The highest BCUT2D eigenvalue weighted by Crippen LogP contribution is 2.32. The third kappa shape index (κ3) is 2.23. The van der Waals surface area contributed by atoms with E-state index < -0.39 is 0 Å². The SMILES string of the molecule is O[C@@H]1CCC[C@H]1NCc1ccc2c(c1)OCO2. The van der Waals surface area contributed by atoms with Gasteiger partial charge in [-0.05, 0) is 37.0 Å². The maximum atomic E-state index is 9.71. The van der Waals surface area contributed by atoms with Crippen LogP contribution in [0.15, 0.2) is 18.2 Å². The Hall–Kier alpha value is -1.26. The highest BCUT2D eigenvalue weighted by molar-refractivity contribution is 5.44. The van der Waals surface area contributed by atoms with Crippen LogP contribution in [0.3, 0.4) is 0 Å². The van der Waals surface area contributed by atoms with Crippen LogP contribution in [-0.2, 0) is 6.54 Å². The molecule has 1 aliphatic carbocycles. The van der Waals surface area contributed by atoms with Crippen molar-refractivity contribution < 1.29 is 14.6 Å². The third-order valence-corrected chi connectivity index (χ3v) is 3.48. The van der Waals surface area contributed by atoms with Crippen molar-refractivity contribution in [3.05, 3.63) is 23.8 Å². The van der Waals surface area contributed by atoms with Crippen molar-refractivity contribution in [3.8, 4) is 11.5 Å². The first-order chi connectivity index (χ1) is 8.33. The summed E-state index contributed by atoms with van der Waals surface area (Å²) < 4.78 is 10.6. The summed E-state index contributed by atoms with van der Waals surface area (Å²) >= 11 is 0. The predicted octanol–water partition coefficient (Wildman–Crippen LogP) is 1.42. The zero-order chi connectivity index (χ0) is 11.7. The first-order valence-electron chi connectivity index (χ1n) is 6.13. The lowest BCUT2D eigenvalue weighted by molar-refractivity contribution is 0.148. The van der Waals surface area contributed by atoms with Crippen LogP contribution in [0.25, 0.3) is 0 Å². The summed E-state index contributed by atoms with van der Waals surface area (Å²) in [7, 11) is 0. The van der Waals surface area contributed by atoms with Crippen molar-refractivity contribution in [1.82, 2.24) is 5.32 Å². The van der Waals surface area contributed by atoms with E-state index in [0.29, 0.717) is 6.79 Å². The maximum Gasteiger partial charge on any atom is 0.231 e. The predicted molar refractivity (Wildman–Crippen MR) is 63.1 cm³/mol. The maximum absolute atomic E-state index is 9.71. The summed E-state index contributed by atoms with van der Waals surface area (Å²) in [6, 6.07) is 6.20. The number of ether oxygens (including phenoxy) is 2. The largest absolute Gasteiger partial charge is 0.454 e. The molecule has 1 heterocycles. The molecule has 3 rings (SSSR count). The molecule has 1 aromatic rings. The number of nitrogens with one attached hydrogen (secondary N) is 1. The standard InChI is InChI=1S/C13H17NO3/c15-11-3-1-2-10(11)14-7-9-4-5-12-13(6-9)17-8-16-12/h4-6,10-11,14-15H,1-3,7-8H2/t10-,11-/m1/s1. The third-order valence-electron chi connectivity index (χ3n) is 3.48. The van der Waals surface area contributed by atoms with Gasteiger partial charge in [-0.25, -0.2) is 0 Å². The Morgan fingerprint density at radius 1 is 1.24 bits per heavy atom. The fourth-order valence-corrected chi connectivity index (χ4v) is 2.48. The molecule has 4 nitrogen and oxygen atoms in total. The Balaban J connectivity index is 1.61. The van der Waals surface area contributed by atoms with Crippen LogP contribution in [0.2, 0.25) is 0 Å². The highest BCUT2D eigenvalue weighted by atomic mass is 16.7. The van der Waals surface area contributed by atoms with Crippen molar-refractivity contribution in [2.24, 2.45) is 0 Å². The molecule has 1 fully saturated rings. The number of hydrogen-bond donors (Lipinski definition) is 2. The van der Waals surface area contributed by atoms with Crippen LogP contribution in [0.1, 0.15) is 24.8 Å². The lowest BCUT2D eigenvalue weighted by Crippen LogP contribution is -2.34. The van der Waals surface area contributed by atoms with E-state index in [0.717, 1.165) is 42.9 Å². The van der Waals surface area contributed by atoms with Gasteiger partial charge >= 0.3 is 0 Å². The second-order valence-electron chi connectivity index (χ2n) is 4.67. The van der Waals surface area contributed by atoms with E-state index in [2.05, 4.69) is 5.32 Å². The van der Waals surface area contributed by atoms with Gasteiger partial charge in [0, 0.05) is 12.6 Å². The summed E-state index contributed by atoms with van der Waals surface area (Å²) in [6.07, 6.45) is 2.90. The summed E-state index contributed by atoms with van der Waals surface area (Å²) in [5, 5.41) is 13.1. The minimum Gasteiger partial charge on any atom is -0.454 e. The van der Waals surface area contributed by atoms with E-state index in [4.69, 9.17) is 9.47 Å². The van der Waals surface area contributed by atoms with Gasteiger partial charge in [0.05, 0.1) is 6.10 Å². The Morgan fingerprint density at radius 2 is 2.12 bits per heavy atom. The lowest BCUT2D eigenvalue weighted by atomic mass is 10.1. The number of aliphatic hydroxyl groups is 1. The molecular formula is C13H17NO3. The number of hydrogen-bond acceptors (Lipinski definition) is 4. The average molecular weight is 235 g/mol. The zero-order valence-corrected chi connectivity index (χ0v) is 9.69. The fraction of sp³-hybridized carbons (Fsp3) is 0.538. The molecule has 2 atom stereocenters. The van der Waals surface area contributed by atoms with Crippen LogP contribution >= 0.6 is 0 Å². The van der Waals surface area contributed by atoms with Crippen molar-refractivity contribution in [2.45, 2.75) is 38.0 Å². The van der Waals surface area contributed by atoms with Crippen LogP contribution in [-0.4, -0.2) is 24.0 Å². The molecule has 0 radical (unpaired) electrons. The highest BCUT2D eigenvalue weighted by Gasteiger charge is 2.24. The van der Waals surface area contributed by atoms with Crippen molar-refractivity contribution in [2.75, 3.05) is 6.79 Å². The van der Waals surface area contributed by atoms with Crippen molar-refractivity contribution in [3.63, 3.8) is 0 Å². The Bertz CT molecular complexity index is 408. The number of benzene rings is 1. The topological polar surface area (TPSA) is 50.7 Å². The van der Waals surface area contributed by atoms with E-state index in [1.807, 2.05) is 18.2 Å². The van der Waals surface area contributed by atoms with Gasteiger partial charge in [0.25, 0.3) is 0 Å². The van der Waals surface area contributed by atoms with Crippen molar-refractivity contribution >= 4 is 0 Å². The molecule has 0 saturated heterocycles. The second-order valence-corrected chi connectivity index (χ2v) is 4.67. The van der Waals surface area contributed by atoms with Gasteiger partial charge in [-0.15, -0.1) is 0 Å². The van der Waals surface area contributed by atoms with E-state index >= 15 is 0 Å². The molecular weight excluding hydrogens is 218 g/mol. The molecule has 17 heavy (non-hydrogen) atoms. The molecule has 92 valence electrons. The molecule has 4 heteroatoms. The second kappa shape index (κ2) is 4.55. The van der Waals surface area contributed by atoms with Crippen LogP contribution < -0.4 is 14.8 Å². The Labute approximate surface area is 101 Å². The lowest BCUT2D eigenvalue weighted by Gasteiger charge is -2.16. The van der Waals surface area contributed by atoms with Crippen LogP contribution in [0.4, 0.5) is 0 Å². The van der Waals surface area contributed by atoms with Gasteiger partial charge in [0.1, 0.15) is 0 Å². The molecule has 0 unspecified atom stereocenters. The number of rotatable bonds is 3. The quantitative estimate of drug-likeness (QED) is 0.832. The molecule has 0 aromatic heterocycles. The van der Waals surface area contributed by atoms with Crippen molar-refractivity contribution in [1.29, 1.82) is 0 Å². The monoisotopic (exact) mass is 235 g/mol. The minimum absolute atomic E-state index is 0.191. The molecule has 2 aliphatic rings. The molecule has 1 aliphatic heterocycles. The minimum atomic E-state index is -0.191. The Morgan fingerprint density at radius 3 is 2.94 bits per heavy atom. The Kier molecular flexibility index (Phi) is 2.91. The summed E-state index contributed by atoms with van der Waals surface area (Å²) in [4.78, 5) is 0. The van der Waals surface area contributed by atoms with E-state index in [1.165, 1.54) is 0 Å². The summed E-state index contributed by atoms with van der Waals surface area (Å²) in [5.41, 5.74) is 1.16. The molecule has 2 N–H and O–H groups in total. The van der Waals surface area contributed by atoms with Gasteiger partial charge in [-0.2, -0.15) is 0 Å². The number of aliphatic hydroxyl groups excluding tert-OH is 1. The van der Waals surface area contributed by atoms with Crippen LogP contribution in [0.5, 0.6) is 11.5 Å². The van der Waals surface area contributed by atoms with E-state index in [9.17, 15) is 5.11 Å². The normalized spacial score (nSPS) is 26.4. The first kappa shape index (κ1) is 10.9. The van der Waals surface area contributed by atoms with Gasteiger partial charge < -0.3 is 19.9 Å². The average Bonchev–Trinajstić information content (AvgIpc) is 2.94. The molecule has 0 amide bonds. The molecule has 0 bridgehead atoms. The van der Waals surface area contributed by atoms with Crippen LogP contribution in [0, 0.1) is 0 Å². The zero-order valence-electron chi connectivity index (χ0n) is 9.69. The molecule has 1 saturated carbocycles. The summed E-state index contributed by atoms with van der Waals surface area (Å²) in [6.45, 7) is 1.08. The fourth-order valence-electron chi connectivity index (χ4n) is 2.48. The summed E-state index contributed by atoms with van der Waals surface area (Å²) in [5.74, 6) is 1.63. The van der Waals surface area contributed by atoms with Gasteiger partial charge in [-0.3, -0.25) is 0 Å². The van der Waals surface area contributed by atoms with E-state index in [1.54, 1.807) is 0 Å². The van der Waals surface area contributed by atoms with Gasteiger partial charge in [0.2, 0.25) is 6.79 Å². The molecule has 0 spiro atoms.